The molecule has 2 aromatic carbocycles. The number of rotatable bonds is 9. The van der Waals surface area contributed by atoms with Crippen LogP contribution in [0, 0.1) is 0 Å². The molecule has 2 aliphatic rings. The van der Waals surface area contributed by atoms with E-state index in [-0.39, 0.29) is 23.5 Å². The van der Waals surface area contributed by atoms with Crippen LogP contribution in [0.15, 0.2) is 71.3 Å². The van der Waals surface area contributed by atoms with Gasteiger partial charge in [0.05, 0.1) is 31.6 Å². The van der Waals surface area contributed by atoms with Gasteiger partial charge >= 0.3 is 0 Å². The highest BCUT2D eigenvalue weighted by atomic mass is 16.5. The van der Waals surface area contributed by atoms with E-state index >= 15 is 0 Å². The number of methoxy groups -OCH3 is 1. The van der Waals surface area contributed by atoms with Crippen molar-refractivity contribution >= 4 is 5.91 Å². The third-order valence-corrected chi connectivity index (χ3v) is 7.85. The second-order valence-corrected chi connectivity index (χ2v) is 9.84. The van der Waals surface area contributed by atoms with Gasteiger partial charge in [0.15, 0.2) is 0 Å². The summed E-state index contributed by atoms with van der Waals surface area (Å²) in [5.74, 6) is 0.962. The minimum atomic E-state index is -0.142. The fraction of sp³-hybridized carbons (Fsp3) is 0.433. The molecular formula is C30H36N2O4. The lowest BCUT2D eigenvalue weighted by Gasteiger charge is -2.44. The zero-order valence-corrected chi connectivity index (χ0v) is 21.2. The monoisotopic (exact) mass is 488 g/mol. The molecule has 190 valence electrons. The predicted octanol–water partition coefficient (Wildman–Crippen LogP) is 5.09. The number of carbonyl (C=O) groups excluding carboxylic acids is 1. The van der Waals surface area contributed by atoms with Gasteiger partial charge in [0, 0.05) is 31.1 Å². The van der Waals surface area contributed by atoms with Crippen LogP contribution < -0.4 is 5.32 Å². The molecule has 0 bridgehead atoms. The van der Waals surface area contributed by atoms with Crippen LogP contribution >= 0.6 is 0 Å². The first kappa shape index (κ1) is 24.8. The maximum absolute atomic E-state index is 12.5. The van der Waals surface area contributed by atoms with Crippen LogP contribution in [-0.4, -0.2) is 50.3 Å². The number of likely N-dealkylation sites (tertiary alicyclic amines) is 1. The Morgan fingerprint density at radius 2 is 1.83 bits per heavy atom. The van der Waals surface area contributed by atoms with Crippen molar-refractivity contribution in [1.82, 2.24) is 10.2 Å². The number of piperidine rings is 1. The Hall–Kier alpha value is -2.93. The smallest absolute Gasteiger partial charge is 0.220 e. The van der Waals surface area contributed by atoms with Gasteiger partial charge in [-0.25, -0.2) is 0 Å². The maximum Gasteiger partial charge on any atom is 0.220 e. The molecule has 1 fully saturated rings. The summed E-state index contributed by atoms with van der Waals surface area (Å²) in [5.41, 5.74) is 4.81. The fourth-order valence-electron chi connectivity index (χ4n) is 6.04. The average molecular weight is 489 g/mol. The fourth-order valence-corrected chi connectivity index (χ4v) is 6.04. The number of furan rings is 1. The second kappa shape index (κ2) is 11.0. The van der Waals surface area contributed by atoms with Crippen LogP contribution in [0.5, 0.6) is 0 Å². The van der Waals surface area contributed by atoms with E-state index in [4.69, 9.17) is 13.9 Å². The molecule has 1 aromatic heterocycles. The number of amides is 1. The molecule has 2 heterocycles. The Labute approximate surface area is 213 Å². The van der Waals surface area contributed by atoms with Gasteiger partial charge in [0.1, 0.15) is 5.76 Å². The van der Waals surface area contributed by atoms with Gasteiger partial charge in [-0.2, -0.15) is 0 Å². The molecule has 6 heteroatoms. The summed E-state index contributed by atoms with van der Waals surface area (Å²) in [6.45, 7) is 5.73. The standard InChI is InChI=1S/C30H36N2O4/c1-3-27(33)31-28-24-11-6-7-12-25(24)30(29(28)36-20-19-34-2)14-16-32(17-15-30)21-22-9-4-5-10-23(22)26-13-8-18-35-26/h4-13,18,28-29H,3,14-17,19-21H2,1-2H3,(H,31,33)/t28-,29+/m1/s1. The van der Waals surface area contributed by atoms with E-state index in [2.05, 4.69) is 58.7 Å². The van der Waals surface area contributed by atoms with E-state index < -0.39 is 0 Å². The minimum Gasteiger partial charge on any atom is -0.464 e. The average Bonchev–Trinajstić information content (AvgIpc) is 3.53. The molecule has 1 spiro atoms. The van der Waals surface area contributed by atoms with Crippen LogP contribution in [0.1, 0.15) is 48.9 Å². The Morgan fingerprint density at radius 3 is 2.58 bits per heavy atom. The van der Waals surface area contributed by atoms with Gasteiger partial charge in [0.25, 0.3) is 0 Å². The highest BCUT2D eigenvalue weighted by Crippen LogP contribution is 2.52. The summed E-state index contributed by atoms with van der Waals surface area (Å²) in [7, 11) is 1.69. The van der Waals surface area contributed by atoms with Gasteiger partial charge in [-0.3, -0.25) is 9.69 Å². The Morgan fingerprint density at radius 1 is 1.06 bits per heavy atom. The van der Waals surface area contributed by atoms with Gasteiger partial charge in [-0.05, 0) is 54.8 Å². The number of carbonyl (C=O) groups is 1. The predicted molar refractivity (Wildman–Crippen MR) is 140 cm³/mol. The number of nitrogens with one attached hydrogen (secondary N) is 1. The number of hydrogen-bond acceptors (Lipinski definition) is 5. The van der Waals surface area contributed by atoms with Crippen LogP contribution in [0.3, 0.4) is 0 Å². The van der Waals surface area contributed by atoms with Crippen molar-refractivity contribution < 1.29 is 18.7 Å². The van der Waals surface area contributed by atoms with Crippen molar-refractivity contribution in [3.63, 3.8) is 0 Å². The first-order chi connectivity index (χ1) is 17.7. The SMILES string of the molecule is CCC(=O)N[C@@H]1c2ccccc2C2(CCN(Cc3ccccc3-c3ccco3)CC2)[C@H]1OCCOC. The molecule has 0 saturated carbocycles. The molecule has 1 aliphatic heterocycles. The first-order valence-corrected chi connectivity index (χ1v) is 13.0. The summed E-state index contributed by atoms with van der Waals surface area (Å²) in [4.78, 5) is 15.0. The molecule has 1 aliphatic carbocycles. The van der Waals surface area contributed by atoms with Gasteiger partial charge < -0.3 is 19.2 Å². The summed E-state index contributed by atoms with van der Waals surface area (Å²) < 4.78 is 17.5. The van der Waals surface area contributed by atoms with E-state index in [9.17, 15) is 4.79 Å². The lowest BCUT2D eigenvalue weighted by atomic mass is 9.71. The molecule has 2 atom stereocenters. The van der Waals surface area contributed by atoms with Crippen molar-refractivity contribution in [2.24, 2.45) is 0 Å². The maximum atomic E-state index is 12.5. The minimum absolute atomic E-state index is 0.0548. The van der Waals surface area contributed by atoms with Crippen molar-refractivity contribution in [1.29, 1.82) is 0 Å². The van der Waals surface area contributed by atoms with E-state index in [1.54, 1.807) is 13.4 Å². The highest BCUT2D eigenvalue weighted by Gasteiger charge is 2.54. The molecule has 5 rings (SSSR count). The number of fused-ring (bicyclic) bond motifs is 2. The molecule has 1 amide bonds. The molecule has 0 unspecified atom stereocenters. The lowest BCUT2D eigenvalue weighted by molar-refractivity contribution is -0.124. The van der Waals surface area contributed by atoms with Crippen LogP contribution in [0.25, 0.3) is 11.3 Å². The molecule has 1 N–H and O–H groups in total. The van der Waals surface area contributed by atoms with Crippen molar-refractivity contribution in [3.8, 4) is 11.3 Å². The second-order valence-electron chi connectivity index (χ2n) is 9.84. The van der Waals surface area contributed by atoms with Crippen molar-refractivity contribution in [2.45, 2.75) is 50.3 Å². The van der Waals surface area contributed by atoms with E-state index in [1.165, 1.54) is 16.7 Å². The third kappa shape index (κ3) is 4.73. The van der Waals surface area contributed by atoms with Crippen LogP contribution in [0.2, 0.25) is 0 Å². The Kier molecular flexibility index (Phi) is 7.56. The Bertz CT molecular complexity index is 1150. The number of ether oxygens (including phenoxy) is 2. The molecule has 1 saturated heterocycles. The zero-order valence-electron chi connectivity index (χ0n) is 21.2. The molecular weight excluding hydrogens is 452 g/mol. The topological polar surface area (TPSA) is 63.9 Å². The number of benzene rings is 2. The van der Waals surface area contributed by atoms with E-state index in [1.807, 2.05) is 19.1 Å². The van der Waals surface area contributed by atoms with Crippen molar-refractivity contribution in [3.05, 3.63) is 83.6 Å². The van der Waals surface area contributed by atoms with Crippen LogP contribution in [0.4, 0.5) is 0 Å². The van der Waals surface area contributed by atoms with Gasteiger partial charge in [-0.15, -0.1) is 0 Å². The zero-order chi connectivity index (χ0) is 25.0. The normalized spacial score (nSPS) is 20.9. The molecule has 3 aromatic rings. The summed E-state index contributed by atoms with van der Waals surface area (Å²) in [6.07, 6.45) is 4.02. The molecule has 6 nitrogen and oxygen atoms in total. The highest BCUT2D eigenvalue weighted by molar-refractivity contribution is 5.76. The summed E-state index contributed by atoms with van der Waals surface area (Å²) in [5, 5.41) is 3.28. The molecule has 36 heavy (non-hydrogen) atoms. The van der Waals surface area contributed by atoms with Crippen LogP contribution in [-0.2, 0) is 26.2 Å². The van der Waals surface area contributed by atoms with Gasteiger partial charge in [0.2, 0.25) is 5.91 Å². The summed E-state index contributed by atoms with van der Waals surface area (Å²) >= 11 is 0. The number of hydrogen-bond donors (Lipinski definition) is 1. The van der Waals surface area contributed by atoms with E-state index in [0.717, 1.165) is 43.8 Å². The summed E-state index contributed by atoms with van der Waals surface area (Å²) in [6, 6.07) is 20.9. The first-order valence-electron chi connectivity index (χ1n) is 13.0. The Balaban J connectivity index is 1.38. The number of nitrogens with zero attached hydrogens (tertiary/aromatic N) is 1. The van der Waals surface area contributed by atoms with Gasteiger partial charge in [-0.1, -0.05) is 55.5 Å². The third-order valence-electron chi connectivity index (χ3n) is 7.85. The molecule has 0 radical (unpaired) electrons. The van der Waals surface area contributed by atoms with Crippen molar-refractivity contribution in [2.75, 3.05) is 33.4 Å². The lowest BCUT2D eigenvalue weighted by Crippen LogP contribution is -2.51. The largest absolute Gasteiger partial charge is 0.464 e. The van der Waals surface area contributed by atoms with E-state index in [0.29, 0.717) is 19.6 Å². The quantitative estimate of drug-likeness (QED) is 0.425.